The molecule has 0 bridgehead atoms. The molecule has 1 saturated heterocycles. The number of epoxide rings is 1. The lowest BCUT2D eigenvalue weighted by atomic mass is 9.54. The number of hydrogen-bond acceptors (Lipinski definition) is 3. The van der Waals surface area contributed by atoms with Crippen LogP contribution in [-0.4, -0.2) is 18.5 Å². The molecule has 4 aliphatic rings. The normalized spacial score (nSPS) is 43.2. The van der Waals surface area contributed by atoms with Crippen LogP contribution in [0.2, 0.25) is 0 Å². The standard InChI is InChI=1S/C20H24O3/c1-3-18-10-11-19-15-5-4-14(22-2)12-13(15)8-9-20(19,23-19)16(18)6-7-17(18)21/h4-5,12,16H,3,6-11H2,1-2H3/t16-,18+,19+,20-/m1/s1. The highest BCUT2D eigenvalue weighted by atomic mass is 16.6. The van der Waals surface area contributed by atoms with E-state index in [9.17, 15) is 4.79 Å². The molecular formula is C20H24O3. The van der Waals surface area contributed by atoms with Gasteiger partial charge < -0.3 is 9.47 Å². The van der Waals surface area contributed by atoms with Crippen molar-refractivity contribution in [2.75, 3.05) is 7.11 Å². The van der Waals surface area contributed by atoms with Crippen molar-refractivity contribution in [1.29, 1.82) is 0 Å². The highest BCUT2D eigenvalue weighted by Gasteiger charge is 2.81. The molecule has 0 aromatic heterocycles. The van der Waals surface area contributed by atoms with E-state index in [0.717, 1.165) is 50.7 Å². The molecule has 0 spiro atoms. The van der Waals surface area contributed by atoms with Crippen LogP contribution in [0.4, 0.5) is 0 Å². The topological polar surface area (TPSA) is 38.8 Å². The van der Waals surface area contributed by atoms with Crippen molar-refractivity contribution in [3.05, 3.63) is 29.3 Å². The molecule has 122 valence electrons. The van der Waals surface area contributed by atoms with Gasteiger partial charge in [-0.2, -0.15) is 0 Å². The summed E-state index contributed by atoms with van der Waals surface area (Å²) in [4.78, 5) is 12.7. The van der Waals surface area contributed by atoms with Gasteiger partial charge in [0.1, 0.15) is 22.7 Å². The van der Waals surface area contributed by atoms with Crippen LogP contribution in [0, 0.1) is 11.3 Å². The summed E-state index contributed by atoms with van der Waals surface area (Å²) < 4.78 is 12.0. The summed E-state index contributed by atoms with van der Waals surface area (Å²) >= 11 is 0. The lowest BCUT2D eigenvalue weighted by Crippen LogP contribution is -2.49. The van der Waals surface area contributed by atoms with E-state index in [2.05, 4.69) is 25.1 Å². The van der Waals surface area contributed by atoms with E-state index in [4.69, 9.17) is 9.47 Å². The molecule has 1 aliphatic heterocycles. The first-order chi connectivity index (χ1) is 11.1. The van der Waals surface area contributed by atoms with Gasteiger partial charge in [-0.25, -0.2) is 0 Å². The van der Waals surface area contributed by atoms with Gasteiger partial charge >= 0.3 is 0 Å². The number of ketones is 1. The maximum absolute atomic E-state index is 12.7. The summed E-state index contributed by atoms with van der Waals surface area (Å²) in [5.41, 5.74) is 2.49. The molecule has 3 nitrogen and oxygen atoms in total. The minimum absolute atomic E-state index is 0.0605. The van der Waals surface area contributed by atoms with Gasteiger partial charge in [-0.1, -0.05) is 13.0 Å². The van der Waals surface area contributed by atoms with Gasteiger partial charge in [0.25, 0.3) is 0 Å². The van der Waals surface area contributed by atoms with Crippen LogP contribution >= 0.6 is 0 Å². The number of carbonyl (C=O) groups excluding carboxylic acids is 1. The Bertz CT molecular complexity index is 711. The first-order valence-electron chi connectivity index (χ1n) is 9.03. The van der Waals surface area contributed by atoms with Crippen molar-refractivity contribution in [2.24, 2.45) is 11.3 Å². The third kappa shape index (κ3) is 1.40. The molecule has 0 unspecified atom stereocenters. The highest BCUT2D eigenvalue weighted by molar-refractivity contribution is 5.88. The zero-order valence-corrected chi connectivity index (χ0v) is 14.0. The lowest BCUT2D eigenvalue weighted by Gasteiger charge is -2.45. The first-order valence-corrected chi connectivity index (χ1v) is 9.03. The molecule has 1 aromatic rings. The highest BCUT2D eigenvalue weighted by Crippen LogP contribution is 2.76. The molecule has 1 heterocycles. The second-order valence-corrected chi connectivity index (χ2v) is 7.87. The Morgan fingerprint density at radius 1 is 1.26 bits per heavy atom. The van der Waals surface area contributed by atoms with Crippen LogP contribution in [-0.2, 0) is 21.6 Å². The van der Waals surface area contributed by atoms with Crippen molar-refractivity contribution in [2.45, 2.75) is 63.1 Å². The molecule has 4 atom stereocenters. The summed E-state index contributed by atoms with van der Waals surface area (Å²) in [6, 6.07) is 6.45. The second-order valence-electron chi connectivity index (χ2n) is 7.87. The number of aryl methyl sites for hydroxylation is 1. The molecule has 0 radical (unpaired) electrons. The number of carbonyl (C=O) groups is 1. The molecule has 23 heavy (non-hydrogen) atoms. The number of ether oxygens (including phenoxy) is 2. The number of benzene rings is 1. The Morgan fingerprint density at radius 2 is 2.13 bits per heavy atom. The van der Waals surface area contributed by atoms with Crippen molar-refractivity contribution in [1.82, 2.24) is 0 Å². The average molecular weight is 312 g/mol. The summed E-state index contributed by atoms with van der Waals surface area (Å²) in [5, 5.41) is 0. The van der Waals surface area contributed by atoms with Crippen LogP contribution in [0.5, 0.6) is 5.75 Å². The predicted molar refractivity (Wildman–Crippen MR) is 86.5 cm³/mol. The van der Waals surface area contributed by atoms with Gasteiger partial charge in [0.05, 0.1) is 7.11 Å². The predicted octanol–water partition coefficient (Wildman–Crippen LogP) is 3.78. The Morgan fingerprint density at radius 3 is 2.91 bits per heavy atom. The van der Waals surface area contributed by atoms with Crippen LogP contribution in [0.15, 0.2) is 18.2 Å². The van der Waals surface area contributed by atoms with Gasteiger partial charge in [0, 0.05) is 17.8 Å². The van der Waals surface area contributed by atoms with Crippen LogP contribution in [0.1, 0.15) is 56.6 Å². The van der Waals surface area contributed by atoms with E-state index in [1.807, 2.05) is 0 Å². The quantitative estimate of drug-likeness (QED) is 0.780. The van der Waals surface area contributed by atoms with Gasteiger partial charge in [-0.3, -0.25) is 4.79 Å². The van der Waals surface area contributed by atoms with Crippen molar-refractivity contribution in [3.63, 3.8) is 0 Å². The molecular weight excluding hydrogens is 288 g/mol. The van der Waals surface area contributed by atoms with Crippen molar-refractivity contribution in [3.8, 4) is 5.75 Å². The van der Waals surface area contributed by atoms with E-state index in [-0.39, 0.29) is 16.6 Å². The minimum atomic E-state index is -0.110. The fraction of sp³-hybridized carbons (Fsp3) is 0.650. The summed E-state index contributed by atoms with van der Waals surface area (Å²) in [6.07, 6.45) is 6.87. The number of hydrogen-bond donors (Lipinski definition) is 0. The fourth-order valence-corrected chi connectivity index (χ4v) is 6.37. The molecule has 2 saturated carbocycles. The number of fused-ring (bicyclic) bond motifs is 2. The van der Waals surface area contributed by atoms with Gasteiger partial charge in [0.15, 0.2) is 0 Å². The van der Waals surface area contributed by atoms with E-state index in [1.54, 1.807) is 7.11 Å². The number of Topliss-reactive ketones (excluding diaryl/α,β-unsaturated/α-hetero) is 1. The third-order valence-corrected chi connectivity index (χ3v) is 7.51. The second kappa shape index (κ2) is 4.18. The summed E-state index contributed by atoms with van der Waals surface area (Å²) in [5.74, 6) is 1.86. The SMILES string of the molecule is CC[C@]12CC[C@@]34O[C@]3(CCc3cc(OC)ccc34)[C@@H]1CCC2=O. The van der Waals surface area contributed by atoms with Gasteiger partial charge in [-0.05, 0) is 61.8 Å². The summed E-state index contributed by atoms with van der Waals surface area (Å²) in [7, 11) is 1.72. The molecule has 3 fully saturated rings. The fourth-order valence-electron chi connectivity index (χ4n) is 6.37. The zero-order chi connectivity index (χ0) is 15.9. The van der Waals surface area contributed by atoms with E-state index < -0.39 is 0 Å². The van der Waals surface area contributed by atoms with E-state index >= 15 is 0 Å². The smallest absolute Gasteiger partial charge is 0.139 e. The molecule has 5 rings (SSSR count). The zero-order valence-electron chi connectivity index (χ0n) is 14.0. The molecule has 0 N–H and O–H groups in total. The average Bonchev–Trinajstić information content (AvgIpc) is 3.19. The molecule has 3 heteroatoms. The Balaban J connectivity index is 1.61. The molecule has 1 aromatic carbocycles. The Hall–Kier alpha value is -1.35. The van der Waals surface area contributed by atoms with Crippen LogP contribution in [0.25, 0.3) is 0 Å². The van der Waals surface area contributed by atoms with E-state index in [0.29, 0.717) is 11.7 Å². The third-order valence-electron chi connectivity index (χ3n) is 7.51. The Kier molecular flexibility index (Phi) is 2.55. The maximum Gasteiger partial charge on any atom is 0.139 e. The lowest BCUT2D eigenvalue weighted by molar-refractivity contribution is -0.130. The largest absolute Gasteiger partial charge is 0.497 e. The van der Waals surface area contributed by atoms with E-state index in [1.165, 1.54) is 11.1 Å². The number of methoxy groups -OCH3 is 1. The van der Waals surface area contributed by atoms with Crippen LogP contribution in [0.3, 0.4) is 0 Å². The van der Waals surface area contributed by atoms with Gasteiger partial charge in [-0.15, -0.1) is 0 Å². The van der Waals surface area contributed by atoms with Gasteiger partial charge in [0.2, 0.25) is 0 Å². The molecule has 3 aliphatic carbocycles. The van der Waals surface area contributed by atoms with Crippen LogP contribution < -0.4 is 4.74 Å². The maximum atomic E-state index is 12.7. The first kappa shape index (κ1) is 14.0. The Labute approximate surface area is 137 Å². The van der Waals surface area contributed by atoms with Crippen molar-refractivity contribution < 1.29 is 14.3 Å². The molecule has 0 amide bonds. The minimum Gasteiger partial charge on any atom is -0.497 e. The van der Waals surface area contributed by atoms with Crippen molar-refractivity contribution >= 4 is 5.78 Å². The number of rotatable bonds is 2. The monoisotopic (exact) mass is 312 g/mol. The summed E-state index contributed by atoms with van der Waals surface area (Å²) in [6.45, 7) is 2.20.